The molecule has 0 aliphatic carbocycles. The van der Waals surface area contributed by atoms with Gasteiger partial charge in [0.15, 0.2) is 11.6 Å². The van der Waals surface area contributed by atoms with Crippen LogP contribution in [0.15, 0.2) is 79.0 Å². The average molecular weight is 467 g/mol. The lowest BCUT2D eigenvalue weighted by molar-refractivity contribution is 0.0526. The summed E-state index contributed by atoms with van der Waals surface area (Å²) < 4.78 is 5.27. The van der Waals surface area contributed by atoms with Crippen LogP contribution in [0.5, 0.6) is 0 Å². The molecule has 35 heavy (non-hydrogen) atoms. The number of aromatic nitrogens is 4. The summed E-state index contributed by atoms with van der Waals surface area (Å²) in [6.07, 6.45) is 1.57. The van der Waals surface area contributed by atoms with E-state index in [1.54, 1.807) is 13.1 Å². The van der Waals surface area contributed by atoms with Gasteiger partial charge in [0.2, 0.25) is 0 Å². The molecular weight excluding hydrogens is 440 g/mol. The molecule has 176 valence electrons. The second-order valence-corrected chi connectivity index (χ2v) is 8.13. The second kappa shape index (κ2) is 10.3. The van der Waals surface area contributed by atoms with E-state index in [-0.39, 0.29) is 0 Å². The molecule has 0 atom stereocenters. The molecule has 0 unspecified atom stereocenters. The van der Waals surface area contributed by atoms with Crippen molar-refractivity contribution < 1.29 is 9.53 Å². The lowest BCUT2D eigenvalue weighted by Gasteiger charge is -2.36. The predicted molar refractivity (Wildman–Crippen MR) is 135 cm³/mol. The van der Waals surface area contributed by atoms with Gasteiger partial charge in [0, 0.05) is 43.5 Å². The quantitative estimate of drug-likeness (QED) is 0.393. The fraction of sp³-hybridized carbons (Fsp3) is 0.222. The molecule has 8 nitrogen and oxygen atoms in total. The lowest BCUT2D eigenvalue weighted by atomic mass is 10.1. The van der Waals surface area contributed by atoms with Crippen LogP contribution >= 0.6 is 0 Å². The van der Waals surface area contributed by atoms with E-state index in [2.05, 4.69) is 25.0 Å². The Kier molecular flexibility index (Phi) is 6.61. The molecule has 0 radical (unpaired) electrons. The van der Waals surface area contributed by atoms with Crippen LogP contribution in [0.2, 0.25) is 0 Å². The summed E-state index contributed by atoms with van der Waals surface area (Å²) in [6.45, 7) is 4.90. The Morgan fingerprint density at radius 3 is 2.11 bits per heavy atom. The Bertz CT molecular complexity index is 1270. The molecule has 2 aromatic carbocycles. The van der Waals surface area contributed by atoms with Crippen LogP contribution in [0, 0.1) is 0 Å². The minimum absolute atomic E-state index is 0.296. The third kappa shape index (κ3) is 4.96. The van der Waals surface area contributed by atoms with Crippen molar-refractivity contribution in [3.63, 3.8) is 0 Å². The summed E-state index contributed by atoms with van der Waals surface area (Å²) in [5.74, 6) is 1.61. The number of benzene rings is 2. The van der Waals surface area contributed by atoms with Gasteiger partial charge in [-0.3, -0.25) is 0 Å². The van der Waals surface area contributed by atoms with Crippen molar-refractivity contribution in [2.75, 3.05) is 42.6 Å². The highest BCUT2D eigenvalue weighted by Crippen LogP contribution is 2.25. The van der Waals surface area contributed by atoms with Gasteiger partial charge in [-0.1, -0.05) is 60.7 Å². The molecule has 0 spiro atoms. The molecule has 1 aliphatic rings. The minimum Gasteiger partial charge on any atom is -0.462 e. The molecule has 4 aromatic rings. The molecule has 0 saturated carbocycles. The molecule has 0 amide bonds. The Balaban J connectivity index is 1.34. The maximum Gasteiger partial charge on any atom is 0.343 e. The molecule has 5 rings (SSSR count). The lowest BCUT2D eigenvalue weighted by Crippen LogP contribution is -2.47. The first-order valence-corrected chi connectivity index (χ1v) is 11.7. The van der Waals surface area contributed by atoms with Crippen molar-refractivity contribution in [3.8, 4) is 22.6 Å². The maximum atomic E-state index is 12.6. The molecule has 1 aliphatic heterocycles. The Morgan fingerprint density at radius 2 is 1.49 bits per heavy atom. The minimum atomic E-state index is -0.410. The van der Waals surface area contributed by atoms with Crippen LogP contribution in [0.1, 0.15) is 17.3 Å². The zero-order chi connectivity index (χ0) is 24.0. The average Bonchev–Trinajstić information content (AvgIpc) is 2.94. The second-order valence-electron chi connectivity index (χ2n) is 8.13. The number of hydrogen-bond acceptors (Lipinski definition) is 8. The molecule has 1 saturated heterocycles. The number of nitrogens with zero attached hydrogens (tertiary/aromatic N) is 6. The zero-order valence-electron chi connectivity index (χ0n) is 19.5. The van der Waals surface area contributed by atoms with E-state index in [0.717, 1.165) is 35.7 Å². The number of carbonyl (C=O) groups is 1. The van der Waals surface area contributed by atoms with Gasteiger partial charge in [-0.25, -0.2) is 14.8 Å². The maximum absolute atomic E-state index is 12.6. The molecule has 1 fully saturated rings. The van der Waals surface area contributed by atoms with Crippen molar-refractivity contribution in [2.24, 2.45) is 0 Å². The standard InChI is InChI=1S/C27H26N6O2/c1-2-35-27(34)22-19-28-25(21-11-7-4-8-12-21)29-26(22)33-17-15-32(16-18-33)24-14-13-23(30-31-24)20-9-5-3-6-10-20/h3-14,19H,2,15-18H2,1H3. The molecular formula is C27H26N6O2. The van der Waals surface area contributed by atoms with Gasteiger partial charge in [0.05, 0.1) is 12.3 Å². The summed E-state index contributed by atoms with van der Waals surface area (Å²) in [5.41, 5.74) is 3.17. The van der Waals surface area contributed by atoms with Crippen LogP contribution < -0.4 is 9.80 Å². The number of ether oxygens (including phenoxy) is 1. The van der Waals surface area contributed by atoms with Gasteiger partial charge in [0.25, 0.3) is 0 Å². The third-order valence-electron chi connectivity index (χ3n) is 5.92. The highest BCUT2D eigenvalue weighted by atomic mass is 16.5. The summed E-state index contributed by atoms with van der Waals surface area (Å²) >= 11 is 0. The fourth-order valence-electron chi connectivity index (χ4n) is 4.10. The van der Waals surface area contributed by atoms with Gasteiger partial charge in [-0.05, 0) is 19.1 Å². The summed E-state index contributed by atoms with van der Waals surface area (Å²) in [6, 6.07) is 23.8. The van der Waals surface area contributed by atoms with E-state index < -0.39 is 5.97 Å². The molecule has 2 aromatic heterocycles. The number of piperazine rings is 1. The van der Waals surface area contributed by atoms with E-state index in [9.17, 15) is 4.79 Å². The van der Waals surface area contributed by atoms with Gasteiger partial charge < -0.3 is 14.5 Å². The number of esters is 1. The van der Waals surface area contributed by atoms with Crippen LogP contribution in [-0.4, -0.2) is 58.9 Å². The van der Waals surface area contributed by atoms with Crippen molar-refractivity contribution in [1.82, 2.24) is 20.2 Å². The topological polar surface area (TPSA) is 84.3 Å². The first-order valence-electron chi connectivity index (χ1n) is 11.7. The smallest absolute Gasteiger partial charge is 0.343 e. The Labute approximate surface area is 204 Å². The van der Waals surface area contributed by atoms with E-state index in [1.165, 1.54) is 0 Å². The van der Waals surface area contributed by atoms with Crippen LogP contribution in [0.25, 0.3) is 22.6 Å². The van der Waals surface area contributed by atoms with Gasteiger partial charge in [-0.2, -0.15) is 0 Å². The fourth-order valence-corrected chi connectivity index (χ4v) is 4.10. The molecule has 8 heteroatoms. The van der Waals surface area contributed by atoms with Crippen molar-refractivity contribution in [3.05, 3.63) is 84.6 Å². The number of carbonyl (C=O) groups excluding carboxylic acids is 1. The Morgan fingerprint density at radius 1 is 0.829 bits per heavy atom. The van der Waals surface area contributed by atoms with Crippen LogP contribution in [0.4, 0.5) is 11.6 Å². The zero-order valence-corrected chi connectivity index (χ0v) is 19.5. The van der Waals surface area contributed by atoms with E-state index in [4.69, 9.17) is 9.72 Å². The molecule has 0 bridgehead atoms. The molecule has 0 N–H and O–H groups in total. The van der Waals surface area contributed by atoms with E-state index in [0.29, 0.717) is 36.9 Å². The van der Waals surface area contributed by atoms with Gasteiger partial charge in [0.1, 0.15) is 11.4 Å². The molecule has 3 heterocycles. The first-order chi connectivity index (χ1) is 17.2. The van der Waals surface area contributed by atoms with Gasteiger partial charge >= 0.3 is 5.97 Å². The Hall–Kier alpha value is -4.33. The highest BCUT2D eigenvalue weighted by molar-refractivity contribution is 5.95. The normalized spacial score (nSPS) is 13.5. The first kappa shape index (κ1) is 22.5. The predicted octanol–water partition coefficient (Wildman–Crippen LogP) is 4.10. The van der Waals surface area contributed by atoms with E-state index in [1.807, 2.05) is 72.8 Å². The van der Waals surface area contributed by atoms with Gasteiger partial charge in [-0.15, -0.1) is 10.2 Å². The number of anilines is 2. The summed E-state index contributed by atoms with van der Waals surface area (Å²) in [7, 11) is 0. The van der Waals surface area contributed by atoms with Crippen molar-refractivity contribution in [2.45, 2.75) is 6.92 Å². The summed E-state index contributed by atoms with van der Waals surface area (Å²) in [4.78, 5) is 26.2. The summed E-state index contributed by atoms with van der Waals surface area (Å²) in [5, 5.41) is 8.88. The van der Waals surface area contributed by atoms with E-state index >= 15 is 0 Å². The van der Waals surface area contributed by atoms with Crippen molar-refractivity contribution >= 4 is 17.6 Å². The highest BCUT2D eigenvalue weighted by Gasteiger charge is 2.25. The SMILES string of the molecule is CCOC(=O)c1cnc(-c2ccccc2)nc1N1CCN(c2ccc(-c3ccccc3)nn2)CC1. The van der Waals surface area contributed by atoms with Crippen molar-refractivity contribution in [1.29, 1.82) is 0 Å². The monoisotopic (exact) mass is 466 g/mol. The van der Waals surface area contributed by atoms with Crippen LogP contribution in [0.3, 0.4) is 0 Å². The third-order valence-corrected chi connectivity index (χ3v) is 5.92. The largest absolute Gasteiger partial charge is 0.462 e. The van der Waals surface area contributed by atoms with Crippen LogP contribution in [-0.2, 0) is 4.74 Å². The number of hydrogen-bond donors (Lipinski definition) is 0. The number of rotatable bonds is 6.